The molecule has 0 radical (unpaired) electrons. The van der Waals surface area contributed by atoms with Crippen LogP contribution in [0.3, 0.4) is 0 Å². The molecular formula is C28H14N4. The quantitative estimate of drug-likeness (QED) is 0.241. The highest BCUT2D eigenvalue weighted by molar-refractivity contribution is 6.25. The van der Waals surface area contributed by atoms with Crippen LogP contribution in [0.2, 0.25) is 0 Å². The third kappa shape index (κ3) is 3.12. The van der Waals surface area contributed by atoms with E-state index in [0.717, 1.165) is 44.5 Å². The van der Waals surface area contributed by atoms with Gasteiger partial charge in [0.25, 0.3) is 0 Å². The molecule has 0 saturated carbocycles. The lowest BCUT2D eigenvalue weighted by molar-refractivity contribution is 1.43. The summed E-state index contributed by atoms with van der Waals surface area (Å²) in [4.78, 5) is 7.62. The van der Waals surface area contributed by atoms with Gasteiger partial charge in [-0.1, -0.05) is 60.7 Å². The molecule has 0 atom stereocenters. The van der Waals surface area contributed by atoms with E-state index in [1.807, 2.05) is 30.5 Å². The minimum atomic E-state index is 0.601. The lowest BCUT2D eigenvalue weighted by atomic mass is 9.98. The molecule has 0 N–H and O–H groups in total. The van der Waals surface area contributed by atoms with Gasteiger partial charge in [0.2, 0.25) is 6.19 Å². The maximum Gasteiger partial charge on any atom is 0.206 e. The molecule has 1 aliphatic rings. The van der Waals surface area contributed by atoms with Crippen LogP contribution in [0.25, 0.3) is 38.2 Å². The zero-order chi connectivity index (χ0) is 22.1. The Kier molecular flexibility index (Phi) is 4.57. The van der Waals surface area contributed by atoms with E-state index < -0.39 is 0 Å². The standard InChI is InChI=1S/C28H14N4/c1-31-23-10-6-20(7-11-23)22-9-13-25-24-12-8-21(19-4-2-18(16-29)3-5-19)14-26(24)28(32-17-30)27(25)15-22/h2-15H. The van der Waals surface area contributed by atoms with Gasteiger partial charge in [0.05, 0.1) is 23.9 Å². The van der Waals surface area contributed by atoms with Gasteiger partial charge < -0.3 is 0 Å². The molecule has 1 aliphatic carbocycles. The van der Waals surface area contributed by atoms with E-state index in [1.165, 1.54) is 0 Å². The van der Waals surface area contributed by atoms with Crippen molar-refractivity contribution in [1.29, 1.82) is 10.5 Å². The van der Waals surface area contributed by atoms with Crippen LogP contribution < -0.4 is 0 Å². The molecule has 0 amide bonds. The van der Waals surface area contributed by atoms with E-state index in [-0.39, 0.29) is 0 Å². The van der Waals surface area contributed by atoms with Crippen LogP contribution in [0.15, 0.2) is 89.9 Å². The molecule has 32 heavy (non-hydrogen) atoms. The fourth-order valence-corrected chi connectivity index (χ4v) is 4.09. The molecule has 0 unspecified atom stereocenters. The van der Waals surface area contributed by atoms with Crippen molar-refractivity contribution >= 4 is 11.4 Å². The summed E-state index contributed by atoms with van der Waals surface area (Å²) in [5.41, 5.74) is 9.82. The van der Waals surface area contributed by atoms with Gasteiger partial charge in [-0.25, -0.2) is 4.85 Å². The maximum atomic E-state index is 9.37. The Hall–Kier alpha value is -4.98. The molecule has 4 nitrogen and oxygen atoms in total. The lowest BCUT2D eigenvalue weighted by Gasteiger charge is -2.06. The fourth-order valence-electron chi connectivity index (χ4n) is 4.09. The number of hydrogen-bond donors (Lipinski definition) is 0. The zero-order valence-corrected chi connectivity index (χ0v) is 16.9. The van der Waals surface area contributed by atoms with Crippen LogP contribution in [-0.2, 0) is 0 Å². The van der Waals surface area contributed by atoms with E-state index in [9.17, 15) is 5.26 Å². The number of aliphatic imine (C=N–C) groups is 1. The van der Waals surface area contributed by atoms with Gasteiger partial charge in [0, 0.05) is 11.1 Å². The number of rotatable bonds is 2. The van der Waals surface area contributed by atoms with Crippen molar-refractivity contribution in [2.24, 2.45) is 4.99 Å². The second kappa shape index (κ2) is 7.69. The number of fused-ring (bicyclic) bond motifs is 3. The highest BCUT2D eigenvalue weighted by Crippen LogP contribution is 2.41. The molecule has 0 bridgehead atoms. The monoisotopic (exact) mass is 406 g/mol. The molecule has 0 aromatic heterocycles. The summed E-state index contributed by atoms with van der Waals surface area (Å²) in [5, 5.41) is 18.4. The van der Waals surface area contributed by atoms with Crippen LogP contribution in [0.1, 0.15) is 16.7 Å². The highest BCUT2D eigenvalue weighted by Gasteiger charge is 2.26. The Labute approximate surface area is 185 Å². The normalized spacial score (nSPS) is 12.3. The maximum absolute atomic E-state index is 9.37. The van der Waals surface area contributed by atoms with Crippen LogP contribution >= 0.6 is 0 Å². The predicted octanol–water partition coefficient (Wildman–Crippen LogP) is 6.74. The van der Waals surface area contributed by atoms with Crippen molar-refractivity contribution < 1.29 is 0 Å². The van der Waals surface area contributed by atoms with Gasteiger partial charge in [-0.05, 0) is 57.6 Å². The van der Waals surface area contributed by atoms with Gasteiger partial charge in [-0.15, -0.1) is 0 Å². The second-order valence-corrected chi connectivity index (χ2v) is 7.43. The molecule has 146 valence electrons. The topological polar surface area (TPSA) is 64.3 Å². The van der Waals surface area contributed by atoms with Gasteiger partial charge in [0.15, 0.2) is 5.69 Å². The van der Waals surface area contributed by atoms with Crippen LogP contribution in [0, 0.1) is 29.4 Å². The first-order valence-corrected chi connectivity index (χ1v) is 9.96. The molecule has 4 heteroatoms. The summed E-state index contributed by atoms with van der Waals surface area (Å²) in [6.45, 7) is 7.13. The third-order valence-electron chi connectivity index (χ3n) is 5.68. The van der Waals surface area contributed by atoms with Crippen molar-refractivity contribution in [3.63, 3.8) is 0 Å². The SMILES string of the molecule is [C-]#[N+]c1ccc(-c2ccc3c(c2)C(=NC#N)c2cc(-c4ccc(C#N)cc4)ccc2-3)cc1. The van der Waals surface area contributed by atoms with Crippen LogP contribution in [0.4, 0.5) is 5.69 Å². The number of hydrogen-bond acceptors (Lipinski definition) is 3. The van der Waals surface area contributed by atoms with Crippen molar-refractivity contribution in [3.8, 4) is 45.6 Å². The van der Waals surface area contributed by atoms with Crippen LogP contribution in [-0.4, -0.2) is 5.71 Å². The molecule has 0 fully saturated rings. The number of benzene rings is 4. The van der Waals surface area contributed by atoms with E-state index in [1.54, 1.807) is 24.3 Å². The third-order valence-corrected chi connectivity index (χ3v) is 5.68. The summed E-state index contributed by atoms with van der Waals surface area (Å²) in [6.07, 6.45) is 1.96. The highest BCUT2D eigenvalue weighted by atomic mass is 14.7. The first kappa shape index (κ1) is 19.0. The fraction of sp³-hybridized carbons (Fsp3) is 0. The largest absolute Gasteiger partial charge is 0.238 e. The van der Waals surface area contributed by atoms with E-state index >= 15 is 0 Å². The molecule has 0 spiro atoms. The average molecular weight is 406 g/mol. The van der Waals surface area contributed by atoms with Gasteiger partial charge >= 0.3 is 0 Å². The van der Waals surface area contributed by atoms with Gasteiger partial charge in [-0.2, -0.15) is 15.5 Å². The molecule has 0 aliphatic heterocycles. The van der Waals surface area contributed by atoms with Crippen molar-refractivity contribution in [3.05, 3.63) is 113 Å². The Morgan fingerprint density at radius 3 is 1.59 bits per heavy atom. The second-order valence-electron chi connectivity index (χ2n) is 7.43. The summed E-state index contributed by atoms with van der Waals surface area (Å²) in [6, 6.07) is 29.4. The molecule has 4 aromatic carbocycles. The minimum absolute atomic E-state index is 0.601. The van der Waals surface area contributed by atoms with Crippen LogP contribution in [0.5, 0.6) is 0 Å². The Morgan fingerprint density at radius 1 is 0.625 bits per heavy atom. The zero-order valence-electron chi connectivity index (χ0n) is 16.9. The molecular weight excluding hydrogens is 392 g/mol. The smallest absolute Gasteiger partial charge is 0.206 e. The average Bonchev–Trinajstić information content (AvgIpc) is 3.16. The molecule has 0 saturated heterocycles. The summed E-state index contributed by atoms with van der Waals surface area (Å²) in [7, 11) is 0. The van der Waals surface area contributed by atoms with Crippen molar-refractivity contribution in [2.45, 2.75) is 0 Å². The van der Waals surface area contributed by atoms with E-state index in [4.69, 9.17) is 11.8 Å². The number of nitrogens with zero attached hydrogens (tertiary/aromatic N) is 4. The minimum Gasteiger partial charge on any atom is -0.238 e. The summed E-state index contributed by atoms with van der Waals surface area (Å²) in [5.74, 6) is 0. The summed E-state index contributed by atoms with van der Waals surface area (Å²) >= 11 is 0. The molecule has 5 rings (SSSR count). The van der Waals surface area contributed by atoms with Crippen molar-refractivity contribution in [1.82, 2.24) is 0 Å². The van der Waals surface area contributed by atoms with Crippen molar-refractivity contribution in [2.75, 3.05) is 0 Å². The first-order valence-electron chi connectivity index (χ1n) is 9.96. The van der Waals surface area contributed by atoms with Gasteiger partial charge in [-0.3, -0.25) is 0 Å². The lowest BCUT2D eigenvalue weighted by Crippen LogP contribution is -1.98. The Balaban J connectivity index is 1.61. The first-order chi connectivity index (χ1) is 15.7. The van der Waals surface area contributed by atoms with E-state index in [0.29, 0.717) is 17.0 Å². The van der Waals surface area contributed by atoms with E-state index in [2.05, 4.69) is 52.3 Å². The number of nitriles is 2. The predicted molar refractivity (Wildman–Crippen MR) is 125 cm³/mol. The molecule has 0 heterocycles. The summed E-state index contributed by atoms with van der Waals surface area (Å²) < 4.78 is 0. The van der Waals surface area contributed by atoms with Gasteiger partial charge in [0.1, 0.15) is 0 Å². The Bertz CT molecular complexity index is 1410. The Morgan fingerprint density at radius 2 is 1.12 bits per heavy atom. The molecule has 4 aromatic rings.